The summed E-state index contributed by atoms with van der Waals surface area (Å²) in [7, 11) is -0.977. The van der Waals surface area contributed by atoms with Crippen LogP contribution in [-0.4, -0.2) is 51.4 Å². The highest BCUT2D eigenvalue weighted by atomic mass is 16.5. The molecule has 1 aromatic heterocycles. The molecule has 2 aromatic rings. The maximum Gasteiger partial charge on any atom is 0.472 e. The van der Waals surface area contributed by atoms with Gasteiger partial charge < -0.3 is 24.7 Å². The van der Waals surface area contributed by atoms with Gasteiger partial charge in [0, 0.05) is 37.0 Å². The van der Waals surface area contributed by atoms with E-state index in [9.17, 15) is 9.82 Å². The number of hydrogen-bond acceptors (Lipinski definition) is 5. The van der Waals surface area contributed by atoms with E-state index in [1.165, 1.54) is 0 Å². The van der Waals surface area contributed by atoms with Gasteiger partial charge in [0.2, 0.25) is 0 Å². The Labute approximate surface area is 146 Å². The van der Waals surface area contributed by atoms with Crippen LogP contribution in [0.1, 0.15) is 19.3 Å². The topological polar surface area (TPSA) is 96.6 Å². The standard InChI is InChI=1S/C17H22BN3O4/c22-16(23)12-14-6-7-15(18(24)25-14)19-8-10-21-11-9-20-17(21)13-4-2-1-3-5-13/h1-5,9,11,14-15,19,24H,6-8,10,12H2,(H,22,23)/t14-,15-/m0/s1. The van der Waals surface area contributed by atoms with Crippen LogP contribution in [-0.2, 0) is 16.0 Å². The Morgan fingerprint density at radius 3 is 2.88 bits per heavy atom. The average Bonchev–Trinajstić information content (AvgIpc) is 3.05. The number of carboxylic acids is 1. The van der Waals surface area contributed by atoms with Crippen LogP contribution in [0, 0.1) is 0 Å². The third-order valence-corrected chi connectivity index (χ3v) is 4.38. The number of imidazole rings is 1. The fourth-order valence-electron chi connectivity index (χ4n) is 3.12. The summed E-state index contributed by atoms with van der Waals surface area (Å²) in [5.74, 6) is -0.185. The molecule has 1 aliphatic rings. The molecule has 0 amide bonds. The minimum Gasteiger partial charge on any atom is -0.481 e. The van der Waals surface area contributed by atoms with E-state index in [2.05, 4.69) is 14.9 Å². The number of nitrogens with zero attached hydrogens (tertiary/aromatic N) is 2. The van der Waals surface area contributed by atoms with Gasteiger partial charge in [-0.3, -0.25) is 4.79 Å². The Bertz CT molecular complexity index is 694. The predicted octanol–water partition coefficient (Wildman–Crippen LogP) is 1.18. The van der Waals surface area contributed by atoms with Crippen LogP contribution >= 0.6 is 0 Å². The summed E-state index contributed by atoms with van der Waals surface area (Å²) < 4.78 is 7.44. The van der Waals surface area contributed by atoms with E-state index < -0.39 is 19.2 Å². The molecule has 3 rings (SSSR count). The van der Waals surface area contributed by atoms with Gasteiger partial charge in [-0.1, -0.05) is 30.3 Å². The van der Waals surface area contributed by atoms with E-state index in [0.29, 0.717) is 25.9 Å². The Hall–Kier alpha value is -2.16. The van der Waals surface area contributed by atoms with Crippen molar-refractivity contribution in [1.29, 1.82) is 0 Å². The molecular weight excluding hydrogens is 321 g/mol. The first kappa shape index (κ1) is 17.7. The molecule has 8 heteroatoms. The lowest BCUT2D eigenvalue weighted by molar-refractivity contribution is -0.139. The van der Waals surface area contributed by atoms with Gasteiger partial charge >= 0.3 is 13.1 Å². The van der Waals surface area contributed by atoms with Gasteiger partial charge in [0.1, 0.15) is 5.82 Å². The van der Waals surface area contributed by atoms with Crippen molar-refractivity contribution in [1.82, 2.24) is 14.9 Å². The third-order valence-electron chi connectivity index (χ3n) is 4.38. The number of carboxylic acid groups (broad SMARTS) is 1. The van der Waals surface area contributed by atoms with Crippen LogP contribution in [0.15, 0.2) is 42.7 Å². The van der Waals surface area contributed by atoms with Gasteiger partial charge in [-0.15, -0.1) is 0 Å². The first-order valence-electron chi connectivity index (χ1n) is 8.49. The number of aliphatic carboxylic acids is 1. The number of hydrogen-bond donors (Lipinski definition) is 3. The quantitative estimate of drug-likeness (QED) is 0.654. The number of aromatic nitrogens is 2. The summed E-state index contributed by atoms with van der Waals surface area (Å²) in [4.78, 5) is 15.1. The molecule has 132 valence electrons. The van der Waals surface area contributed by atoms with E-state index >= 15 is 0 Å². The number of rotatable bonds is 7. The summed E-state index contributed by atoms with van der Waals surface area (Å²) in [6, 6.07) is 9.98. The SMILES string of the molecule is O=C(O)C[C@@H]1CC[C@H](NCCn2ccnc2-c2ccccc2)B(O)O1. The molecule has 0 radical (unpaired) electrons. The largest absolute Gasteiger partial charge is 0.481 e. The van der Waals surface area contributed by atoms with E-state index in [0.717, 1.165) is 11.4 Å². The second-order valence-electron chi connectivity index (χ2n) is 6.19. The summed E-state index contributed by atoms with van der Waals surface area (Å²) in [5, 5.41) is 22.1. The van der Waals surface area contributed by atoms with Crippen molar-refractivity contribution in [2.24, 2.45) is 0 Å². The van der Waals surface area contributed by atoms with Gasteiger partial charge in [-0.25, -0.2) is 4.98 Å². The van der Waals surface area contributed by atoms with E-state index in [4.69, 9.17) is 9.76 Å². The molecule has 2 heterocycles. The minimum absolute atomic E-state index is 0.0702. The van der Waals surface area contributed by atoms with Gasteiger partial charge in [0.15, 0.2) is 0 Å². The molecule has 7 nitrogen and oxygen atoms in total. The van der Waals surface area contributed by atoms with Crippen LogP contribution < -0.4 is 5.32 Å². The molecule has 1 aromatic carbocycles. The zero-order chi connectivity index (χ0) is 17.6. The van der Waals surface area contributed by atoms with Crippen LogP contribution in [0.5, 0.6) is 0 Å². The van der Waals surface area contributed by atoms with Crippen molar-refractivity contribution in [2.75, 3.05) is 6.54 Å². The van der Waals surface area contributed by atoms with Gasteiger partial charge in [-0.2, -0.15) is 0 Å². The molecule has 1 aliphatic heterocycles. The predicted molar refractivity (Wildman–Crippen MR) is 93.8 cm³/mol. The minimum atomic E-state index is -0.977. The number of carbonyl (C=O) groups is 1. The first-order chi connectivity index (χ1) is 12.1. The maximum absolute atomic E-state index is 10.7. The lowest BCUT2D eigenvalue weighted by Crippen LogP contribution is -2.51. The summed E-state index contributed by atoms with van der Waals surface area (Å²) >= 11 is 0. The molecule has 0 aliphatic carbocycles. The molecule has 1 fully saturated rings. The summed E-state index contributed by atoms with van der Waals surface area (Å²) in [5.41, 5.74) is 1.06. The van der Waals surface area contributed by atoms with Crippen LogP contribution in [0.4, 0.5) is 0 Å². The second kappa shape index (κ2) is 8.29. The Morgan fingerprint density at radius 2 is 2.16 bits per heavy atom. The molecule has 2 atom stereocenters. The van der Waals surface area contributed by atoms with Crippen molar-refractivity contribution < 1.29 is 19.6 Å². The highest BCUT2D eigenvalue weighted by Gasteiger charge is 2.35. The highest BCUT2D eigenvalue weighted by Crippen LogP contribution is 2.19. The molecule has 3 N–H and O–H groups in total. The molecule has 0 unspecified atom stereocenters. The van der Waals surface area contributed by atoms with E-state index in [1.807, 2.05) is 36.5 Å². The molecule has 25 heavy (non-hydrogen) atoms. The fraction of sp³-hybridized carbons (Fsp3) is 0.412. The number of nitrogens with one attached hydrogen (secondary N) is 1. The van der Waals surface area contributed by atoms with Crippen molar-refractivity contribution in [3.8, 4) is 11.4 Å². The first-order valence-corrected chi connectivity index (χ1v) is 8.49. The Morgan fingerprint density at radius 1 is 1.36 bits per heavy atom. The van der Waals surface area contributed by atoms with Gasteiger partial charge in [0.25, 0.3) is 0 Å². The molecule has 0 saturated carbocycles. The van der Waals surface area contributed by atoms with Gasteiger partial charge in [-0.05, 0) is 12.8 Å². The van der Waals surface area contributed by atoms with Crippen molar-refractivity contribution in [3.05, 3.63) is 42.7 Å². The smallest absolute Gasteiger partial charge is 0.472 e. The highest BCUT2D eigenvalue weighted by molar-refractivity contribution is 6.45. The van der Waals surface area contributed by atoms with Crippen molar-refractivity contribution >= 4 is 13.1 Å². The molecular formula is C17H22BN3O4. The lowest BCUT2D eigenvalue weighted by atomic mass is 9.72. The van der Waals surface area contributed by atoms with Crippen molar-refractivity contribution in [2.45, 2.75) is 37.9 Å². The monoisotopic (exact) mass is 343 g/mol. The van der Waals surface area contributed by atoms with E-state index in [-0.39, 0.29) is 12.4 Å². The molecule has 0 spiro atoms. The normalized spacial score (nSPS) is 20.6. The van der Waals surface area contributed by atoms with Crippen LogP contribution in [0.3, 0.4) is 0 Å². The molecule has 1 saturated heterocycles. The van der Waals surface area contributed by atoms with Crippen LogP contribution in [0.25, 0.3) is 11.4 Å². The third kappa shape index (κ3) is 4.69. The van der Waals surface area contributed by atoms with Crippen LogP contribution in [0.2, 0.25) is 0 Å². The van der Waals surface area contributed by atoms with E-state index in [1.54, 1.807) is 6.20 Å². The fourth-order valence-corrected chi connectivity index (χ4v) is 3.12. The zero-order valence-electron chi connectivity index (χ0n) is 13.9. The Balaban J connectivity index is 1.50. The number of benzene rings is 1. The summed E-state index contributed by atoms with van der Waals surface area (Å²) in [6.07, 6.45) is 4.54. The summed E-state index contributed by atoms with van der Waals surface area (Å²) in [6.45, 7) is 1.37. The Kier molecular flexibility index (Phi) is 5.85. The average molecular weight is 343 g/mol. The zero-order valence-corrected chi connectivity index (χ0v) is 13.9. The molecule has 0 bridgehead atoms. The van der Waals surface area contributed by atoms with Crippen molar-refractivity contribution in [3.63, 3.8) is 0 Å². The lowest BCUT2D eigenvalue weighted by Gasteiger charge is -2.31. The van der Waals surface area contributed by atoms with Gasteiger partial charge in [0.05, 0.1) is 12.5 Å². The maximum atomic E-state index is 10.7. The second-order valence-corrected chi connectivity index (χ2v) is 6.19.